The lowest BCUT2D eigenvalue weighted by molar-refractivity contribution is -0.209. The second-order valence-corrected chi connectivity index (χ2v) is 12.6. The third kappa shape index (κ3) is 3.84. The minimum absolute atomic E-state index is 0.123. The van der Waals surface area contributed by atoms with E-state index in [4.69, 9.17) is 0 Å². The Labute approximate surface area is 194 Å². The topological polar surface area (TPSA) is 98.0 Å². The van der Waals surface area contributed by atoms with Crippen molar-refractivity contribution < 1.29 is 25.2 Å². The molecule has 4 aliphatic carbocycles. The summed E-state index contributed by atoms with van der Waals surface area (Å²) in [5.74, 6) is 3.10. The number of carboxylic acids is 1. The van der Waals surface area contributed by atoms with E-state index in [1.54, 1.807) is 0 Å². The average molecular weight is 451 g/mol. The maximum atomic E-state index is 11.3. The first-order valence-electron chi connectivity index (χ1n) is 13.4. The molecule has 4 fully saturated rings. The molecule has 32 heavy (non-hydrogen) atoms. The molecule has 0 amide bonds. The predicted octanol–water partition coefficient (Wildman–Crippen LogP) is 4.97. The average Bonchev–Trinajstić information content (AvgIpc) is 3.10. The standard InChI is InChI=1S/C27H46O5/c1-17(7-6-15-27(32,23(28)29)24(30)31)20-11-12-21-19-10-9-18-8-4-5-14-25(18,2)22(19)13-16-26(20,21)3/h17-23,28-29,32H,4-16H2,1-3H3,(H,30,31). The quantitative estimate of drug-likeness (QED) is 0.411. The Morgan fingerprint density at radius 3 is 2.38 bits per heavy atom. The lowest BCUT2D eigenvalue weighted by atomic mass is 9.44. The van der Waals surface area contributed by atoms with E-state index in [0.29, 0.717) is 29.1 Å². The Hall–Kier alpha value is -0.650. The molecule has 0 radical (unpaired) electrons. The molecule has 0 aromatic heterocycles. The largest absolute Gasteiger partial charge is 0.479 e. The van der Waals surface area contributed by atoms with Crippen LogP contribution in [0.4, 0.5) is 0 Å². The molecule has 184 valence electrons. The summed E-state index contributed by atoms with van der Waals surface area (Å²) in [6.45, 7) is 7.46. The van der Waals surface area contributed by atoms with Crippen molar-refractivity contribution in [2.45, 2.75) is 116 Å². The number of rotatable bonds is 7. The van der Waals surface area contributed by atoms with E-state index in [-0.39, 0.29) is 6.42 Å². The van der Waals surface area contributed by atoms with Crippen LogP contribution in [0.25, 0.3) is 0 Å². The van der Waals surface area contributed by atoms with Crippen LogP contribution in [-0.2, 0) is 4.79 Å². The third-order valence-electron chi connectivity index (χ3n) is 11.4. The van der Waals surface area contributed by atoms with Gasteiger partial charge in [0, 0.05) is 0 Å². The molecule has 0 aromatic carbocycles. The fourth-order valence-electron chi connectivity index (χ4n) is 9.51. The molecule has 0 bridgehead atoms. The normalized spacial score (nSPS) is 44.3. The molecule has 0 aromatic rings. The lowest BCUT2D eigenvalue weighted by Crippen LogP contribution is -2.53. The molecule has 9 atom stereocenters. The van der Waals surface area contributed by atoms with Crippen LogP contribution in [-0.4, -0.2) is 38.3 Å². The minimum atomic E-state index is -2.46. The molecule has 4 rings (SSSR count). The van der Waals surface area contributed by atoms with Crippen molar-refractivity contribution in [3.63, 3.8) is 0 Å². The summed E-state index contributed by atoms with van der Waals surface area (Å²) < 4.78 is 0. The van der Waals surface area contributed by atoms with E-state index in [1.807, 2.05) is 0 Å². The summed E-state index contributed by atoms with van der Waals surface area (Å²) in [4.78, 5) is 11.3. The highest BCUT2D eigenvalue weighted by Gasteiger charge is 2.60. The molecule has 0 aliphatic heterocycles. The van der Waals surface area contributed by atoms with Crippen LogP contribution >= 0.6 is 0 Å². The number of fused-ring (bicyclic) bond motifs is 5. The van der Waals surface area contributed by atoms with Gasteiger partial charge in [-0.15, -0.1) is 0 Å². The number of aliphatic hydroxyl groups is 3. The molecule has 0 heterocycles. The van der Waals surface area contributed by atoms with Gasteiger partial charge in [-0.1, -0.05) is 40.0 Å². The molecule has 0 spiro atoms. The van der Waals surface area contributed by atoms with Crippen molar-refractivity contribution >= 4 is 5.97 Å². The van der Waals surface area contributed by atoms with Gasteiger partial charge in [0.05, 0.1) is 0 Å². The van der Waals surface area contributed by atoms with Crippen LogP contribution in [0, 0.1) is 46.3 Å². The third-order valence-corrected chi connectivity index (χ3v) is 11.4. The van der Waals surface area contributed by atoms with Gasteiger partial charge in [0.1, 0.15) is 0 Å². The summed E-state index contributed by atoms with van der Waals surface area (Å²) in [7, 11) is 0. The van der Waals surface area contributed by atoms with E-state index in [9.17, 15) is 25.2 Å². The second kappa shape index (κ2) is 8.85. The number of hydrogen-bond acceptors (Lipinski definition) is 4. The smallest absolute Gasteiger partial charge is 0.341 e. The van der Waals surface area contributed by atoms with Crippen LogP contribution in [0.3, 0.4) is 0 Å². The van der Waals surface area contributed by atoms with Crippen LogP contribution in [0.15, 0.2) is 0 Å². The highest BCUT2D eigenvalue weighted by molar-refractivity contribution is 5.77. The molecule has 5 nitrogen and oxygen atoms in total. The Balaban J connectivity index is 1.41. The number of hydrogen-bond donors (Lipinski definition) is 4. The molecular weight excluding hydrogens is 404 g/mol. The summed E-state index contributed by atoms with van der Waals surface area (Å²) in [5.41, 5.74) is -1.52. The zero-order valence-electron chi connectivity index (χ0n) is 20.4. The van der Waals surface area contributed by atoms with Gasteiger partial charge < -0.3 is 20.4 Å². The first kappa shape index (κ1) is 24.5. The maximum Gasteiger partial charge on any atom is 0.341 e. The Kier molecular flexibility index (Phi) is 6.77. The van der Waals surface area contributed by atoms with Gasteiger partial charge in [0.15, 0.2) is 6.29 Å². The molecular formula is C27H46O5. The zero-order valence-corrected chi connectivity index (χ0v) is 20.4. The summed E-state index contributed by atoms with van der Waals surface area (Å²) in [6.07, 6.45) is 12.8. The molecule has 4 saturated carbocycles. The lowest BCUT2D eigenvalue weighted by Gasteiger charge is -2.61. The van der Waals surface area contributed by atoms with Gasteiger partial charge in [0.25, 0.3) is 0 Å². The number of aliphatic hydroxyl groups excluding tert-OH is 1. The fraction of sp³-hybridized carbons (Fsp3) is 0.963. The molecule has 4 N–H and O–H groups in total. The summed E-state index contributed by atoms with van der Waals surface area (Å²) in [5, 5.41) is 38.1. The van der Waals surface area contributed by atoms with Crippen molar-refractivity contribution in [1.82, 2.24) is 0 Å². The van der Waals surface area contributed by atoms with Crippen LogP contribution in [0.2, 0.25) is 0 Å². The van der Waals surface area contributed by atoms with Gasteiger partial charge in [-0.25, -0.2) is 4.79 Å². The molecule has 9 unspecified atom stereocenters. The van der Waals surface area contributed by atoms with E-state index in [2.05, 4.69) is 20.8 Å². The Morgan fingerprint density at radius 2 is 1.69 bits per heavy atom. The van der Waals surface area contributed by atoms with Crippen molar-refractivity contribution in [3.8, 4) is 0 Å². The first-order valence-corrected chi connectivity index (χ1v) is 13.4. The van der Waals surface area contributed by atoms with Crippen molar-refractivity contribution in [1.29, 1.82) is 0 Å². The van der Waals surface area contributed by atoms with E-state index >= 15 is 0 Å². The van der Waals surface area contributed by atoms with Gasteiger partial charge >= 0.3 is 5.97 Å². The van der Waals surface area contributed by atoms with Gasteiger partial charge in [-0.2, -0.15) is 0 Å². The number of aliphatic carboxylic acids is 1. The number of carbonyl (C=O) groups is 1. The van der Waals surface area contributed by atoms with Crippen molar-refractivity contribution in [2.75, 3.05) is 0 Å². The van der Waals surface area contributed by atoms with E-state index < -0.39 is 17.9 Å². The monoisotopic (exact) mass is 450 g/mol. The van der Waals surface area contributed by atoms with Crippen molar-refractivity contribution in [3.05, 3.63) is 0 Å². The van der Waals surface area contributed by atoms with E-state index in [0.717, 1.165) is 30.1 Å². The summed E-state index contributed by atoms with van der Waals surface area (Å²) >= 11 is 0. The molecule has 0 saturated heterocycles. The molecule has 5 heteroatoms. The predicted molar refractivity (Wildman–Crippen MR) is 124 cm³/mol. The summed E-state index contributed by atoms with van der Waals surface area (Å²) in [6, 6.07) is 0. The van der Waals surface area contributed by atoms with Crippen LogP contribution in [0.5, 0.6) is 0 Å². The minimum Gasteiger partial charge on any atom is -0.479 e. The number of carboxylic acid groups (broad SMARTS) is 1. The maximum absolute atomic E-state index is 11.3. The van der Waals surface area contributed by atoms with Crippen molar-refractivity contribution in [2.24, 2.45) is 46.3 Å². The molecule has 4 aliphatic rings. The highest BCUT2D eigenvalue weighted by Crippen LogP contribution is 2.68. The van der Waals surface area contributed by atoms with Gasteiger partial charge in [-0.3, -0.25) is 0 Å². The highest BCUT2D eigenvalue weighted by atomic mass is 16.5. The van der Waals surface area contributed by atoms with Gasteiger partial charge in [0.2, 0.25) is 5.60 Å². The second-order valence-electron chi connectivity index (χ2n) is 12.6. The SMILES string of the molecule is CC(CCCC(O)(C(=O)O)C(O)O)C1CCC2C3CCC4CCCCC4(C)C3CCC12C. The van der Waals surface area contributed by atoms with E-state index in [1.165, 1.54) is 64.2 Å². The Bertz CT molecular complexity index is 694. The first-order chi connectivity index (χ1) is 15.0. The zero-order chi connectivity index (χ0) is 23.3. The van der Waals surface area contributed by atoms with Crippen LogP contribution in [0.1, 0.15) is 104 Å². The Morgan fingerprint density at radius 1 is 0.969 bits per heavy atom. The van der Waals surface area contributed by atoms with Gasteiger partial charge in [-0.05, 0) is 111 Å². The van der Waals surface area contributed by atoms with Crippen LogP contribution < -0.4 is 0 Å². The fourth-order valence-corrected chi connectivity index (χ4v) is 9.51.